The van der Waals surface area contributed by atoms with Crippen LogP contribution in [0.25, 0.3) is 0 Å². The van der Waals surface area contributed by atoms with Crippen molar-refractivity contribution in [3.05, 3.63) is 29.8 Å². The van der Waals surface area contributed by atoms with Crippen LogP contribution in [-0.2, 0) is 0 Å². The van der Waals surface area contributed by atoms with Gasteiger partial charge in [-0.05, 0) is 19.1 Å². The van der Waals surface area contributed by atoms with Crippen molar-refractivity contribution in [3.63, 3.8) is 0 Å². The molecular formula is C8H9NaO2. The quantitative estimate of drug-likeness (QED) is 0.410. The van der Waals surface area contributed by atoms with Crippen LogP contribution in [0.5, 0.6) is 5.75 Å². The van der Waals surface area contributed by atoms with E-state index in [1.54, 1.807) is 18.2 Å². The molecule has 1 aromatic rings. The van der Waals surface area contributed by atoms with Gasteiger partial charge in [0.05, 0.1) is 5.56 Å². The summed E-state index contributed by atoms with van der Waals surface area (Å²) in [5, 5.41) is 9.06. The van der Waals surface area contributed by atoms with Gasteiger partial charge in [-0.1, -0.05) is 12.1 Å². The normalized spacial score (nSPS) is 8.45. The van der Waals surface area contributed by atoms with E-state index in [4.69, 9.17) is 5.11 Å². The molecule has 0 bridgehead atoms. The molecule has 0 aliphatic heterocycles. The van der Waals surface area contributed by atoms with Gasteiger partial charge in [0.1, 0.15) is 5.75 Å². The van der Waals surface area contributed by atoms with E-state index >= 15 is 0 Å². The fourth-order valence-corrected chi connectivity index (χ4v) is 0.771. The summed E-state index contributed by atoms with van der Waals surface area (Å²) in [4.78, 5) is 10.7. The number of rotatable bonds is 1. The van der Waals surface area contributed by atoms with Crippen LogP contribution in [0.15, 0.2) is 24.3 Å². The van der Waals surface area contributed by atoms with E-state index in [9.17, 15) is 4.79 Å². The molecule has 0 unspecified atom stereocenters. The summed E-state index contributed by atoms with van der Waals surface area (Å²) in [5.74, 6) is -0.0619. The Morgan fingerprint density at radius 2 is 2.00 bits per heavy atom. The van der Waals surface area contributed by atoms with Crippen molar-refractivity contribution < 1.29 is 40.9 Å². The maximum absolute atomic E-state index is 10.7. The maximum Gasteiger partial charge on any atom is 1.00 e. The number of carbonyl (C=O) groups is 1. The summed E-state index contributed by atoms with van der Waals surface area (Å²) >= 11 is 0. The van der Waals surface area contributed by atoms with Crippen LogP contribution in [0.4, 0.5) is 0 Å². The molecule has 3 heteroatoms. The molecule has 0 spiro atoms. The Kier molecular flexibility index (Phi) is 4.42. The summed E-state index contributed by atoms with van der Waals surface area (Å²) in [6.07, 6.45) is 0. The molecule has 0 fully saturated rings. The number of hydrogen-bond acceptors (Lipinski definition) is 2. The number of phenolic OH excluding ortho intramolecular Hbond substituents is 1. The molecule has 0 aliphatic carbocycles. The van der Waals surface area contributed by atoms with Crippen LogP contribution >= 0.6 is 0 Å². The van der Waals surface area contributed by atoms with E-state index in [0.717, 1.165) is 0 Å². The van der Waals surface area contributed by atoms with Gasteiger partial charge in [-0.15, -0.1) is 0 Å². The van der Waals surface area contributed by atoms with Gasteiger partial charge < -0.3 is 6.53 Å². The molecule has 11 heavy (non-hydrogen) atoms. The van der Waals surface area contributed by atoms with Gasteiger partial charge in [0, 0.05) is 0 Å². The Balaban J connectivity index is 0. The molecule has 0 aromatic heterocycles. The van der Waals surface area contributed by atoms with E-state index in [1.807, 2.05) is 0 Å². The zero-order chi connectivity index (χ0) is 7.56. The predicted molar refractivity (Wildman–Crippen MR) is 39.2 cm³/mol. The van der Waals surface area contributed by atoms with Crippen LogP contribution in [0, 0.1) is 0 Å². The first-order chi connectivity index (χ1) is 4.72. The molecule has 1 N–H and O–H groups in total. The van der Waals surface area contributed by atoms with Crippen molar-refractivity contribution in [2.45, 2.75) is 6.92 Å². The van der Waals surface area contributed by atoms with Gasteiger partial charge in [0.15, 0.2) is 5.78 Å². The van der Waals surface area contributed by atoms with E-state index in [1.165, 1.54) is 13.0 Å². The fourth-order valence-electron chi connectivity index (χ4n) is 0.771. The minimum absolute atomic E-state index is 0. The number of aromatic hydroxyl groups is 1. The van der Waals surface area contributed by atoms with Gasteiger partial charge >= 0.3 is 29.6 Å². The number of benzene rings is 1. The largest absolute Gasteiger partial charge is 1.00 e. The number of Topliss-reactive ketones (excluding diaryl/α,β-unsaturated/α-hetero) is 1. The van der Waals surface area contributed by atoms with Gasteiger partial charge in [-0.3, -0.25) is 4.79 Å². The van der Waals surface area contributed by atoms with Crippen LogP contribution in [-0.4, -0.2) is 10.9 Å². The van der Waals surface area contributed by atoms with E-state index < -0.39 is 0 Å². The number of para-hydroxylation sites is 1. The average Bonchev–Trinajstić information content (AvgIpc) is 1.88. The summed E-state index contributed by atoms with van der Waals surface area (Å²) in [7, 11) is 0. The summed E-state index contributed by atoms with van der Waals surface area (Å²) in [6, 6.07) is 6.49. The molecule has 0 heterocycles. The van der Waals surface area contributed by atoms with Crippen LogP contribution in [0.3, 0.4) is 0 Å². The summed E-state index contributed by atoms with van der Waals surface area (Å²) in [5.41, 5.74) is 0.377. The Bertz CT molecular complexity index is 263. The van der Waals surface area contributed by atoms with Gasteiger partial charge in [-0.25, -0.2) is 0 Å². The van der Waals surface area contributed by atoms with Crippen molar-refractivity contribution in [1.82, 2.24) is 0 Å². The molecule has 1 rings (SSSR count). The molecule has 0 saturated carbocycles. The molecular weight excluding hydrogens is 151 g/mol. The molecule has 0 atom stereocenters. The maximum atomic E-state index is 10.7. The smallest absolute Gasteiger partial charge is 1.00 e. The van der Waals surface area contributed by atoms with Crippen molar-refractivity contribution in [1.29, 1.82) is 0 Å². The summed E-state index contributed by atoms with van der Waals surface area (Å²) in [6.45, 7) is 1.43. The van der Waals surface area contributed by atoms with Crippen molar-refractivity contribution in [2.75, 3.05) is 0 Å². The monoisotopic (exact) mass is 160 g/mol. The van der Waals surface area contributed by atoms with Crippen LogP contribution in [0.2, 0.25) is 0 Å². The Morgan fingerprint density at radius 1 is 1.45 bits per heavy atom. The number of phenols is 1. The van der Waals surface area contributed by atoms with Crippen molar-refractivity contribution >= 4 is 5.78 Å². The number of ketones is 1. The molecule has 2 nitrogen and oxygen atoms in total. The summed E-state index contributed by atoms with van der Waals surface area (Å²) < 4.78 is 0. The van der Waals surface area contributed by atoms with Crippen LogP contribution < -0.4 is 29.6 Å². The molecule has 54 valence electrons. The molecule has 1 aromatic carbocycles. The zero-order valence-corrected chi connectivity index (χ0v) is 8.66. The predicted octanol–water partition coefficient (Wildman–Crippen LogP) is -1.29. The first-order valence-electron chi connectivity index (χ1n) is 3.01. The van der Waals surface area contributed by atoms with Gasteiger partial charge in [0.2, 0.25) is 0 Å². The SMILES string of the molecule is CC(=O)c1ccccc1O.[H-].[Na+]. The standard InChI is InChI=1S/C8H8O2.Na.H/c1-6(9)7-4-2-3-5-8(7)10;;/h2-5,10H,1H3;;/q;+1;-1. The Hall–Kier alpha value is -0.310. The first kappa shape index (κ1) is 10.7. The minimum atomic E-state index is -0.113. The van der Waals surface area contributed by atoms with Crippen LogP contribution in [0.1, 0.15) is 18.7 Å². The van der Waals surface area contributed by atoms with E-state index in [-0.39, 0.29) is 42.5 Å². The number of hydrogen-bond donors (Lipinski definition) is 1. The fraction of sp³-hybridized carbons (Fsp3) is 0.125. The Morgan fingerprint density at radius 3 is 2.36 bits per heavy atom. The third kappa shape index (κ3) is 2.66. The van der Waals surface area contributed by atoms with Crippen molar-refractivity contribution in [3.8, 4) is 5.75 Å². The van der Waals surface area contributed by atoms with Crippen molar-refractivity contribution in [2.24, 2.45) is 0 Å². The van der Waals surface area contributed by atoms with Gasteiger partial charge in [0.25, 0.3) is 0 Å². The zero-order valence-electron chi connectivity index (χ0n) is 7.66. The average molecular weight is 160 g/mol. The molecule has 0 saturated heterocycles. The van der Waals surface area contributed by atoms with Gasteiger partial charge in [-0.2, -0.15) is 0 Å². The molecule has 0 amide bonds. The second-order valence-electron chi connectivity index (χ2n) is 2.07. The molecule has 0 radical (unpaired) electrons. The molecule has 0 aliphatic rings. The third-order valence-electron chi connectivity index (χ3n) is 1.28. The van der Waals surface area contributed by atoms with E-state index in [0.29, 0.717) is 5.56 Å². The topological polar surface area (TPSA) is 37.3 Å². The number of carbonyl (C=O) groups excluding carboxylic acids is 1. The first-order valence-corrected chi connectivity index (χ1v) is 3.01. The second-order valence-corrected chi connectivity index (χ2v) is 2.07. The van der Waals surface area contributed by atoms with E-state index in [2.05, 4.69) is 0 Å². The minimum Gasteiger partial charge on any atom is -1.00 e. The Labute approximate surface area is 89.0 Å². The third-order valence-corrected chi connectivity index (χ3v) is 1.28. The second kappa shape index (κ2) is 4.54.